The van der Waals surface area contributed by atoms with E-state index in [0.29, 0.717) is 53.8 Å². The van der Waals surface area contributed by atoms with E-state index in [-0.39, 0.29) is 5.56 Å². The van der Waals surface area contributed by atoms with Crippen LogP contribution in [0.15, 0.2) is 71.5 Å². The second-order valence-electron chi connectivity index (χ2n) is 7.08. The van der Waals surface area contributed by atoms with Crippen molar-refractivity contribution >= 4 is 10.9 Å². The number of benzene rings is 3. The Kier molecular flexibility index (Phi) is 6.67. The molecule has 4 aromatic rings. The number of nitrogens with zero attached hydrogens (tertiary/aromatic N) is 1. The first kappa shape index (κ1) is 21.4. The molecule has 1 aromatic heterocycles. The van der Waals surface area contributed by atoms with Crippen LogP contribution in [-0.4, -0.2) is 37.4 Å². The van der Waals surface area contributed by atoms with Crippen molar-refractivity contribution in [1.82, 2.24) is 9.97 Å². The van der Waals surface area contributed by atoms with Crippen molar-refractivity contribution in [3.05, 3.63) is 82.6 Å². The van der Waals surface area contributed by atoms with E-state index in [4.69, 9.17) is 18.9 Å². The van der Waals surface area contributed by atoms with Crippen LogP contribution in [0.2, 0.25) is 0 Å². The summed E-state index contributed by atoms with van der Waals surface area (Å²) in [5, 5.41) is 0.415. The number of fused-ring (bicyclic) bond motifs is 1. The van der Waals surface area contributed by atoms with Crippen LogP contribution < -0.4 is 19.8 Å². The molecule has 0 saturated carbocycles. The number of hydrogen-bond donors (Lipinski definition) is 1. The van der Waals surface area contributed by atoms with Crippen LogP contribution in [0.25, 0.3) is 22.3 Å². The largest absolute Gasteiger partial charge is 0.493 e. The maximum absolute atomic E-state index is 12.8. The summed E-state index contributed by atoms with van der Waals surface area (Å²) < 4.78 is 22.0. The van der Waals surface area contributed by atoms with Crippen LogP contribution in [0.5, 0.6) is 17.2 Å². The number of hydrogen-bond acceptors (Lipinski definition) is 6. The summed E-state index contributed by atoms with van der Waals surface area (Å²) in [6.45, 7) is 1.23. The van der Waals surface area contributed by atoms with Crippen LogP contribution in [-0.2, 0) is 11.3 Å². The van der Waals surface area contributed by atoms with Crippen molar-refractivity contribution in [1.29, 1.82) is 0 Å². The van der Waals surface area contributed by atoms with Gasteiger partial charge in [-0.15, -0.1) is 0 Å². The molecule has 3 aromatic carbocycles. The summed E-state index contributed by atoms with van der Waals surface area (Å²) in [7, 11) is 3.14. The standard InChI is InChI=1S/C25H24N2O5/c1-29-11-12-31-23-14-20-21(15-22(23)30-2)26-24(27-25(20)28)18-9-6-10-19(13-18)32-16-17-7-4-3-5-8-17/h3-10,13-15H,11-12,16H2,1-2H3,(H,26,27,28). The van der Waals surface area contributed by atoms with Crippen LogP contribution >= 0.6 is 0 Å². The zero-order valence-electron chi connectivity index (χ0n) is 18.0. The van der Waals surface area contributed by atoms with Gasteiger partial charge in [0.1, 0.15) is 24.8 Å². The van der Waals surface area contributed by atoms with Crippen molar-refractivity contribution in [2.45, 2.75) is 6.61 Å². The Morgan fingerprint density at radius 2 is 1.72 bits per heavy atom. The Bertz CT molecular complexity index is 1250. The van der Waals surface area contributed by atoms with Gasteiger partial charge in [0.05, 0.1) is 24.6 Å². The first-order valence-electron chi connectivity index (χ1n) is 10.2. The summed E-state index contributed by atoms with van der Waals surface area (Å²) in [5.74, 6) is 2.10. The van der Waals surface area contributed by atoms with Gasteiger partial charge in [-0.3, -0.25) is 4.79 Å². The van der Waals surface area contributed by atoms with Gasteiger partial charge in [0.15, 0.2) is 11.5 Å². The molecular weight excluding hydrogens is 408 g/mol. The summed E-state index contributed by atoms with van der Waals surface area (Å²) in [6.07, 6.45) is 0. The third-order valence-electron chi connectivity index (χ3n) is 4.89. The average Bonchev–Trinajstić information content (AvgIpc) is 2.83. The maximum Gasteiger partial charge on any atom is 0.259 e. The lowest BCUT2D eigenvalue weighted by molar-refractivity contribution is 0.144. The molecule has 0 radical (unpaired) electrons. The molecule has 0 aliphatic heterocycles. The van der Waals surface area contributed by atoms with E-state index < -0.39 is 0 Å². The van der Waals surface area contributed by atoms with Crippen LogP contribution in [0.4, 0.5) is 0 Å². The number of H-pyrrole nitrogens is 1. The van der Waals surface area contributed by atoms with Gasteiger partial charge in [-0.2, -0.15) is 0 Å². The monoisotopic (exact) mass is 432 g/mol. The quantitative estimate of drug-likeness (QED) is 0.399. The summed E-state index contributed by atoms with van der Waals surface area (Å²) in [4.78, 5) is 20.3. The Labute approximate surface area is 185 Å². The van der Waals surface area contributed by atoms with Gasteiger partial charge < -0.3 is 23.9 Å². The van der Waals surface area contributed by atoms with Crippen molar-refractivity contribution in [2.24, 2.45) is 0 Å². The molecule has 0 aliphatic carbocycles. The molecule has 0 aliphatic rings. The molecule has 7 heteroatoms. The van der Waals surface area contributed by atoms with Crippen LogP contribution in [0.1, 0.15) is 5.56 Å². The molecule has 0 spiro atoms. The number of nitrogens with one attached hydrogen (secondary N) is 1. The second-order valence-corrected chi connectivity index (χ2v) is 7.08. The molecule has 164 valence electrons. The van der Waals surface area contributed by atoms with Gasteiger partial charge in [-0.25, -0.2) is 4.98 Å². The fraction of sp³-hybridized carbons (Fsp3) is 0.200. The highest BCUT2D eigenvalue weighted by Crippen LogP contribution is 2.31. The number of rotatable bonds is 9. The Balaban J connectivity index is 1.63. The van der Waals surface area contributed by atoms with Gasteiger partial charge in [0, 0.05) is 18.7 Å². The molecule has 7 nitrogen and oxygen atoms in total. The number of aromatic nitrogens is 2. The molecule has 0 fully saturated rings. The minimum Gasteiger partial charge on any atom is -0.493 e. The van der Waals surface area contributed by atoms with Crippen molar-refractivity contribution in [3.8, 4) is 28.6 Å². The Morgan fingerprint density at radius 3 is 2.50 bits per heavy atom. The zero-order valence-corrected chi connectivity index (χ0v) is 18.0. The Hall–Kier alpha value is -3.84. The maximum atomic E-state index is 12.8. The minimum absolute atomic E-state index is 0.264. The van der Waals surface area contributed by atoms with Crippen LogP contribution in [0.3, 0.4) is 0 Å². The molecule has 0 bridgehead atoms. The molecule has 0 atom stereocenters. The molecule has 4 rings (SSSR count). The van der Waals surface area contributed by atoms with E-state index in [1.54, 1.807) is 26.4 Å². The number of methoxy groups -OCH3 is 2. The molecule has 32 heavy (non-hydrogen) atoms. The van der Waals surface area contributed by atoms with E-state index in [1.807, 2.05) is 54.6 Å². The molecule has 0 unspecified atom stereocenters. The molecule has 0 amide bonds. The van der Waals surface area contributed by atoms with E-state index in [1.165, 1.54) is 0 Å². The summed E-state index contributed by atoms with van der Waals surface area (Å²) in [5.41, 5.74) is 2.06. The van der Waals surface area contributed by atoms with Gasteiger partial charge in [-0.1, -0.05) is 42.5 Å². The number of aromatic amines is 1. The minimum atomic E-state index is -0.264. The highest BCUT2D eigenvalue weighted by Gasteiger charge is 2.13. The topological polar surface area (TPSA) is 82.7 Å². The molecular formula is C25H24N2O5. The SMILES string of the molecule is COCCOc1cc2c(=O)[nH]c(-c3cccc(OCc4ccccc4)c3)nc2cc1OC. The summed E-state index contributed by atoms with van der Waals surface area (Å²) in [6, 6.07) is 20.7. The van der Waals surface area contributed by atoms with Gasteiger partial charge in [0.25, 0.3) is 5.56 Å². The lowest BCUT2D eigenvalue weighted by atomic mass is 10.1. The smallest absolute Gasteiger partial charge is 0.259 e. The highest BCUT2D eigenvalue weighted by atomic mass is 16.5. The van der Waals surface area contributed by atoms with E-state index in [0.717, 1.165) is 11.1 Å². The predicted octanol–water partition coefficient (Wildman–Crippen LogP) is 4.20. The molecule has 1 N–H and O–H groups in total. The van der Waals surface area contributed by atoms with E-state index in [2.05, 4.69) is 9.97 Å². The lowest BCUT2D eigenvalue weighted by Gasteiger charge is -2.12. The number of ether oxygens (including phenoxy) is 4. The lowest BCUT2D eigenvalue weighted by Crippen LogP contribution is -2.11. The Morgan fingerprint density at radius 1 is 0.875 bits per heavy atom. The van der Waals surface area contributed by atoms with E-state index in [9.17, 15) is 4.79 Å². The van der Waals surface area contributed by atoms with Crippen LogP contribution in [0, 0.1) is 0 Å². The third kappa shape index (κ3) is 4.90. The van der Waals surface area contributed by atoms with Gasteiger partial charge in [-0.05, 0) is 23.8 Å². The molecule has 1 heterocycles. The predicted molar refractivity (Wildman–Crippen MR) is 122 cm³/mol. The van der Waals surface area contributed by atoms with Crippen molar-refractivity contribution in [2.75, 3.05) is 27.4 Å². The fourth-order valence-electron chi connectivity index (χ4n) is 3.26. The molecule has 0 saturated heterocycles. The van der Waals surface area contributed by atoms with Gasteiger partial charge in [0.2, 0.25) is 0 Å². The normalized spacial score (nSPS) is 10.8. The average molecular weight is 432 g/mol. The third-order valence-corrected chi connectivity index (χ3v) is 4.89. The van der Waals surface area contributed by atoms with Gasteiger partial charge >= 0.3 is 0 Å². The fourth-order valence-corrected chi connectivity index (χ4v) is 3.26. The second kappa shape index (κ2) is 9.98. The van der Waals surface area contributed by atoms with Crippen molar-refractivity contribution in [3.63, 3.8) is 0 Å². The van der Waals surface area contributed by atoms with Crippen molar-refractivity contribution < 1.29 is 18.9 Å². The first-order chi connectivity index (χ1) is 15.7. The zero-order chi connectivity index (χ0) is 22.3. The van der Waals surface area contributed by atoms with E-state index >= 15 is 0 Å². The summed E-state index contributed by atoms with van der Waals surface area (Å²) >= 11 is 0. The first-order valence-corrected chi connectivity index (χ1v) is 10.2. The highest BCUT2D eigenvalue weighted by molar-refractivity contribution is 5.83.